The number of rotatable bonds is 2. The molecule has 0 aliphatic carbocycles. The Kier molecular flexibility index (Phi) is 3.59. The van der Waals surface area contributed by atoms with Crippen molar-refractivity contribution < 1.29 is 9.72 Å². The summed E-state index contributed by atoms with van der Waals surface area (Å²) >= 11 is 5.12. The summed E-state index contributed by atoms with van der Waals surface area (Å²) in [5, 5.41) is 10.6. The Morgan fingerprint density at radius 3 is 2.57 bits per heavy atom. The maximum Gasteiger partial charge on any atom is 0.281 e. The number of Topliss-reactive ketones (excluding diaryl/α,β-unsaturated/α-hetero) is 1. The number of nitrogens with zero attached hydrogens (tertiary/aromatic N) is 1. The Hall–Kier alpha value is -0.500. The van der Waals surface area contributed by atoms with E-state index < -0.39 is 4.92 Å². The maximum atomic E-state index is 11.2. The number of benzene rings is 1. The van der Waals surface area contributed by atoms with Gasteiger partial charge in [0.15, 0.2) is 5.78 Å². The topological polar surface area (TPSA) is 60.2 Å². The van der Waals surface area contributed by atoms with Crippen LogP contribution in [-0.2, 0) is 0 Å². The van der Waals surface area contributed by atoms with Gasteiger partial charge in [-0.3, -0.25) is 14.9 Å². The summed E-state index contributed by atoms with van der Waals surface area (Å²) in [6.45, 7) is 1.32. The molecule has 0 unspecified atom stereocenters. The lowest BCUT2D eigenvalue weighted by Gasteiger charge is -2.03. The Morgan fingerprint density at radius 1 is 1.57 bits per heavy atom. The van der Waals surface area contributed by atoms with E-state index >= 15 is 0 Å². The lowest BCUT2D eigenvalue weighted by atomic mass is 10.1. The summed E-state index contributed by atoms with van der Waals surface area (Å²) in [6.07, 6.45) is 0. The standard InChI is InChI=1S/C8H5BrINO3/c1-4(12)7-6(11(13)14)3-2-5(9)8(7)10/h2-3H,1H3. The van der Waals surface area contributed by atoms with E-state index in [1.165, 1.54) is 13.0 Å². The lowest BCUT2D eigenvalue weighted by Crippen LogP contribution is -2.03. The zero-order valence-electron chi connectivity index (χ0n) is 7.08. The summed E-state index contributed by atoms with van der Waals surface area (Å²) in [7, 11) is 0. The molecule has 0 amide bonds. The van der Waals surface area contributed by atoms with E-state index in [1.54, 1.807) is 6.07 Å². The van der Waals surface area contributed by atoms with Gasteiger partial charge in [0.05, 0.1) is 4.92 Å². The first-order valence-corrected chi connectivity index (χ1v) is 5.45. The van der Waals surface area contributed by atoms with Crippen molar-refractivity contribution in [1.29, 1.82) is 0 Å². The molecule has 1 aromatic rings. The fourth-order valence-electron chi connectivity index (χ4n) is 1.03. The Balaban J connectivity index is 3.53. The van der Waals surface area contributed by atoms with Gasteiger partial charge in [0.1, 0.15) is 5.56 Å². The van der Waals surface area contributed by atoms with Crippen LogP contribution in [0.15, 0.2) is 16.6 Å². The summed E-state index contributed by atoms with van der Waals surface area (Å²) in [5.74, 6) is -0.303. The van der Waals surface area contributed by atoms with E-state index in [1.807, 2.05) is 22.6 Å². The second kappa shape index (κ2) is 4.35. The minimum Gasteiger partial charge on any atom is -0.294 e. The molecule has 0 saturated carbocycles. The van der Waals surface area contributed by atoms with Crippen molar-refractivity contribution in [2.45, 2.75) is 6.92 Å². The highest BCUT2D eigenvalue weighted by molar-refractivity contribution is 14.1. The first kappa shape index (κ1) is 11.6. The molecule has 0 radical (unpaired) electrons. The molecule has 0 atom stereocenters. The van der Waals surface area contributed by atoms with Gasteiger partial charge in [0, 0.05) is 14.1 Å². The normalized spacial score (nSPS) is 9.93. The quantitative estimate of drug-likeness (QED) is 0.348. The highest BCUT2D eigenvalue weighted by Crippen LogP contribution is 2.30. The molecule has 0 fully saturated rings. The lowest BCUT2D eigenvalue weighted by molar-refractivity contribution is -0.385. The molecule has 0 aliphatic rings. The summed E-state index contributed by atoms with van der Waals surface area (Å²) < 4.78 is 1.26. The van der Waals surface area contributed by atoms with Crippen molar-refractivity contribution in [2.75, 3.05) is 0 Å². The molecule has 0 N–H and O–H groups in total. The molecule has 0 heterocycles. The van der Waals surface area contributed by atoms with E-state index in [9.17, 15) is 14.9 Å². The van der Waals surface area contributed by atoms with Gasteiger partial charge in [0.2, 0.25) is 0 Å². The van der Waals surface area contributed by atoms with Crippen molar-refractivity contribution >= 4 is 50.0 Å². The number of halogens is 2. The molecule has 0 saturated heterocycles. The summed E-state index contributed by atoms with van der Waals surface area (Å²) in [4.78, 5) is 21.3. The molecule has 14 heavy (non-hydrogen) atoms. The van der Waals surface area contributed by atoms with Crippen LogP contribution in [0.25, 0.3) is 0 Å². The molecule has 74 valence electrons. The van der Waals surface area contributed by atoms with Crippen LogP contribution in [0.2, 0.25) is 0 Å². The fourth-order valence-corrected chi connectivity index (χ4v) is 2.19. The van der Waals surface area contributed by atoms with E-state index in [4.69, 9.17) is 0 Å². The van der Waals surface area contributed by atoms with E-state index in [0.717, 1.165) is 0 Å². The van der Waals surface area contributed by atoms with Crippen molar-refractivity contribution in [1.82, 2.24) is 0 Å². The van der Waals surface area contributed by atoms with Crippen molar-refractivity contribution in [2.24, 2.45) is 0 Å². The number of hydrogen-bond acceptors (Lipinski definition) is 3. The van der Waals surface area contributed by atoms with Crippen molar-refractivity contribution in [3.63, 3.8) is 0 Å². The number of carbonyl (C=O) groups excluding carboxylic acids is 1. The molecule has 0 aromatic heterocycles. The Morgan fingerprint density at radius 2 is 2.14 bits per heavy atom. The fraction of sp³-hybridized carbons (Fsp3) is 0.125. The zero-order valence-corrected chi connectivity index (χ0v) is 10.8. The SMILES string of the molecule is CC(=O)c1c([N+](=O)[O-])ccc(Br)c1I. The van der Waals surface area contributed by atoms with E-state index in [0.29, 0.717) is 8.04 Å². The highest BCUT2D eigenvalue weighted by Gasteiger charge is 2.21. The number of nitro groups is 1. The van der Waals surface area contributed by atoms with Gasteiger partial charge in [-0.05, 0) is 51.5 Å². The van der Waals surface area contributed by atoms with Crippen LogP contribution >= 0.6 is 38.5 Å². The van der Waals surface area contributed by atoms with Gasteiger partial charge in [-0.15, -0.1) is 0 Å². The summed E-state index contributed by atoms with van der Waals surface area (Å²) in [6, 6.07) is 2.88. The van der Waals surface area contributed by atoms with Crippen LogP contribution in [0.4, 0.5) is 5.69 Å². The summed E-state index contributed by atoms with van der Waals surface area (Å²) in [5.41, 5.74) is 0.00933. The molecule has 6 heteroatoms. The van der Waals surface area contributed by atoms with Crippen molar-refractivity contribution in [3.8, 4) is 0 Å². The van der Waals surface area contributed by atoms with Crippen LogP contribution in [0.5, 0.6) is 0 Å². The first-order valence-electron chi connectivity index (χ1n) is 3.58. The number of carbonyl (C=O) groups is 1. The second-order valence-electron chi connectivity index (χ2n) is 2.57. The van der Waals surface area contributed by atoms with Gasteiger partial charge >= 0.3 is 0 Å². The van der Waals surface area contributed by atoms with Gasteiger partial charge in [-0.2, -0.15) is 0 Å². The number of nitro benzene ring substituents is 1. The van der Waals surface area contributed by atoms with Gasteiger partial charge in [-0.25, -0.2) is 0 Å². The first-order chi connectivity index (χ1) is 6.45. The number of hydrogen-bond donors (Lipinski definition) is 0. The molecular formula is C8H5BrINO3. The smallest absolute Gasteiger partial charge is 0.281 e. The minimum absolute atomic E-state index is 0.148. The highest BCUT2D eigenvalue weighted by atomic mass is 127. The van der Waals surface area contributed by atoms with Crippen molar-refractivity contribution in [3.05, 3.63) is 35.9 Å². The predicted octanol–water partition coefficient (Wildman–Crippen LogP) is 3.16. The van der Waals surface area contributed by atoms with Crippen LogP contribution < -0.4 is 0 Å². The van der Waals surface area contributed by atoms with Crippen LogP contribution in [0, 0.1) is 13.7 Å². The number of ketones is 1. The van der Waals surface area contributed by atoms with Gasteiger partial charge < -0.3 is 0 Å². The molecule has 1 aromatic carbocycles. The zero-order chi connectivity index (χ0) is 10.9. The monoisotopic (exact) mass is 369 g/mol. The third kappa shape index (κ3) is 2.11. The minimum atomic E-state index is -0.550. The average molecular weight is 370 g/mol. The molecule has 1 rings (SSSR count). The molecule has 0 spiro atoms. The maximum absolute atomic E-state index is 11.2. The Labute approximate surface area is 102 Å². The molecule has 0 bridgehead atoms. The third-order valence-corrected chi connectivity index (χ3v) is 4.14. The third-order valence-electron chi connectivity index (χ3n) is 1.62. The second-order valence-corrected chi connectivity index (χ2v) is 4.50. The van der Waals surface area contributed by atoms with E-state index in [2.05, 4.69) is 15.9 Å². The van der Waals surface area contributed by atoms with Crippen LogP contribution in [0.3, 0.4) is 0 Å². The van der Waals surface area contributed by atoms with E-state index in [-0.39, 0.29) is 17.0 Å². The van der Waals surface area contributed by atoms with Crippen LogP contribution in [-0.4, -0.2) is 10.7 Å². The molecule has 0 aliphatic heterocycles. The predicted molar refractivity (Wildman–Crippen MR) is 63.5 cm³/mol. The Bertz CT molecular complexity index is 419. The van der Waals surface area contributed by atoms with Gasteiger partial charge in [0.25, 0.3) is 5.69 Å². The largest absolute Gasteiger partial charge is 0.294 e. The molecule has 4 nitrogen and oxygen atoms in total. The van der Waals surface area contributed by atoms with Gasteiger partial charge in [-0.1, -0.05) is 0 Å². The average Bonchev–Trinajstić information content (AvgIpc) is 2.08. The molecular weight excluding hydrogens is 365 g/mol. The van der Waals surface area contributed by atoms with Crippen LogP contribution in [0.1, 0.15) is 17.3 Å².